The minimum atomic E-state index is -3.25. The Hall–Kier alpha value is -0.130. The van der Waals surface area contributed by atoms with E-state index in [9.17, 15) is 8.42 Å². The lowest BCUT2D eigenvalue weighted by atomic mass is 10.5. The van der Waals surface area contributed by atoms with Crippen LogP contribution in [0.3, 0.4) is 0 Å². The fourth-order valence-electron chi connectivity index (χ4n) is 0.722. The number of sulfone groups is 1. The summed E-state index contributed by atoms with van der Waals surface area (Å²) >= 11 is 8.78. The molecule has 0 bridgehead atoms. The Balaban J connectivity index is 3.27. The van der Waals surface area contributed by atoms with Crippen LogP contribution in [0.4, 0.5) is 0 Å². The van der Waals surface area contributed by atoms with Crippen molar-refractivity contribution in [3.63, 3.8) is 0 Å². The van der Waals surface area contributed by atoms with Crippen LogP contribution < -0.4 is 0 Å². The molecule has 0 spiro atoms. The second kappa shape index (κ2) is 3.94. The highest BCUT2D eigenvalue weighted by Gasteiger charge is 2.14. The number of pyridine rings is 1. The monoisotopic (exact) mass is 283 g/mol. The molecular weight excluding hydrogens is 278 g/mol. The van der Waals surface area contributed by atoms with E-state index in [1.54, 1.807) is 13.0 Å². The van der Waals surface area contributed by atoms with Crippen molar-refractivity contribution in [2.75, 3.05) is 5.75 Å². The average molecular weight is 285 g/mol. The van der Waals surface area contributed by atoms with Crippen LogP contribution in [0.5, 0.6) is 0 Å². The molecule has 0 radical (unpaired) electrons. The second-order valence-corrected chi connectivity index (χ2v) is 5.76. The number of rotatable bonds is 2. The van der Waals surface area contributed by atoms with E-state index in [4.69, 9.17) is 11.6 Å². The van der Waals surface area contributed by atoms with Crippen LogP contribution >= 0.6 is 27.5 Å². The van der Waals surface area contributed by atoms with Gasteiger partial charge in [-0.1, -0.05) is 18.5 Å². The topological polar surface area (TPSA) is 47.0 Å². The third-order valence-electron chi connectivity index (χ3n) is 1.48. The summed E-state index contributed by atoms with van der Waals surface area (Å²) in [6.45, 7) is 1.56. The Kier molecular flexibility index (Phi) is 3.32. The minimum Gasteiger partial charge on any atom is -0.223 e. The molecule has 0 aliphatic heterocycles. The zero-order valence-corrected chi connectivity index (χ0v) is 9.95. The summed E-state index contributed by atoms with van der Waals surface area (Å²) in [5.74, 6) is 0.0258. The molecule has 0 saturated heterocycles. The largest absolute Gasteiger partial charge is 0.223 e. The number of hydrogen-bond donors (Lipinski definition) is 0. The molecule has 13 heavy (non-hydrogen) atoms. The van der Waals surface area contributed by atoms with Gasteiger partial charge in [0.05, 0.1) is 10.2 Å². The van der Waals surface area contributed by atoms with Crippen molar-refractivity contribution in [1.82, 2.24) is 4.98 Å². The van der Waals surface area contributed by atoms with E-state index in [1.807, 2.05) is 0 Å². The maximum Gasteiger partial charge on any atom is 0.195 e. The predicted octanol–water partition coefficient (Wildman–Crippen LogP) is 2.29. The molecule has 0 atom stereocenters. The molecule has 1 heterocycles. The fourth-order valence-corrected chi connectivity index (χ4v) is 1.95. The summed E-state index contributed by atoms with van der Waals surface area (Å²) in [7, 11) is -3.25. The summed E-state index contributed by atoms with van der Waals surface area (Å²) in [5.41, 5.74) is 0. The highest BCUT2D eigenvalue weighted by Crippen LogP contribution is 2.21. The van der Waals surface area contributed by atoms with Crippen molar-refractivity contribution >= 4 is 37.4 Å². The molecule has 0 unspecified atom stereocenters. The summed E-state index contributed by atoms with van der Waals surface area (Å²) in [4.78, 5) is 3.75. The van der Waals surface area contributed by atoms with E-state index in [-0.39, 0.29) is 15.9 Å². The van der Waals surface area contributed by atoms with Gasteiger partial charge in [0.25, 0.3) is 0 Å². The van der Waals surface area contributed by atoms with E-state index in [0.717, 1.165) is 0 Å². The van der Waals surface area contributed by atoms with Gasteiger partial charge in [-0.3, -0.25) is 0 Å². The van der Waals surface area contributed by atoms with Crippen LogP contribution in [0.2, 0.25) is 5.15 Å². The second-order valence-electron chi connectivity index (χ2n) is 2.33. The third kappa shape index (κ3) is 2.42. The molecule has 1 aromatic heterocycles. The highest BCUT2D eigenvalue weighted by molar-refractivity contribution is 9.10. The van der Waals surface area contributed by atoms with E-state index < -0.39 is 9.84 Å². The van der Waals surface area contributed by atoms with Gasteiger partial charge >= 0.3 is 0 Å². The van der Waals surface area contributed by atoms with Crippen LogP contribution in [-0.2, 0) is 9.84 Å². The molecule has 0 N–H and O–H groups in total. The SMILES string of the molecule is CCS(=O)(=O)c1ccc(Br)c(Cl)n1. The van der Waals surface area contributed by atoms with E-state index in [1.165, 1.54) is 6.07 Å². The maximum absolute atomic E-state index is 11.3. The van der Waals surface area contributed by atoms with Crippen molar-refractivity contribution < 1.29 is 8.42 Å². The van der Waals surface area contributed by atoms with Crippen molar-refractivity contribution in [3.8, 4) is 0 Å². The molecule has 3 nitrogen and oxygen atoms in total. The molecule has 0 saturated carbocycles. The van der Waals surface area contributed by atoms with Gasteiger partial charge in [0, 0.05) is 0 Å². The molecule has 0 amide bonds. The van der Waals surface area contributed by atoms with Crippen molar-refractivity contribution in [1.29, 1.82) is 0 Å². The quantitative estimate of drug-likeness (QED) is 0.783. The first-order valence-corrected chi connectivity index (χ1v) is 6.34. The van der Waals surface area contributed by atoms with Gasteiger partial charge in [-0.25, -0.2) is 13.4 Å². The smallest absolute Gasteiger partial charge is 0.195 e. The van der Waals surface area contributed by atoms with Gasteiger partial charge in [0.1, 0.15) is 5.15 Å². The lowest BCUT2D eigenvalue weighted by molar-refractivity contribution is 0.593. The van der Waals surface area contributed by atoms with Crippen LogP contribution in [0.15, 0.2) is 21.6 Å². The van der Waals surface area contributed by atoms with Gasteiger partial charge < -0.3 is 0 Å². The number of nitrogens with zero attached hydrogens (tertiary/aromatic N) is 1. The summed E-state index contributed by atoms with van der Waals surface area (Å²) in [5, 5.41) is 0.178. The Morgan fingerprint density at radius 3 is 2.62 bits per heavy atom. The van der Waals surface area contributed by atoms with Crippen LogP contribution in [0, 0.1) is 0 Å². The Morgan fingerprint density at radius 1 is 1.54 bits per heavy atom. The summed E-state index contributed by atoms with van der Waals surface area (Å²) in [6, 6.07) is 2.99. The summed E-state index contributed by atoms with van der Waals surface area (Å²) in [6.07, 6.45) is 0. The van der Waals surface area contributed by atoms with Gasteiger partial charge in [-0.2, -0.15) is 0 Å². The first-order valence-electron chi connectivity index (χ1n) is 3.52. The van der Waals surface area contributed by atoms with Crippen molar-refractivity contribution in [3.05, 3.63) is 21.8 Å². The first-order chi connectivity index (χ1) is 5.97. The zero-order valence-electron chi connectivity index (χ0n) is 6.79. The first kappa shape index (κ1) is 10.9. The number of hydrogen-bond acceptors (Lipinski definition) is 3. The molecular formula is C7H7BrClNO2S. The molecule has 1 rings (SSSR count). The van der Waals surface area contributed by atoms with Crippen molar-refractivity contribution in [2.45, 2.75) is 11.9 Å². The van der Waals surface area contributed by atoms with E-state index in [2.05, 4.69) is 20.9 Å². The molecule has 0 aliphatic carbocycles. The molecule has 0 aliphatic rings. The van der Waals surface area contributed by atoms with Crippen molar-refractivity contribution in [2.24, 2.45) is 0 Å². The van der Waals surface area contributed by atoms with Gasteiger partial charge in [-0.05, 0) is 28.1 Å². The van der Waals surface area contributed by atoms with Gasteiger partial charge in [0.15, 0.2) is 14.9 Å². The molecule has 1 aromatic rings. The maximum atomic E-state index is 11.3. The van der Waals surface area contributed by atoms with Gasteiger partial charge in [0.2, 0.25) is 0 Å². The van der Waals surface area contributed by atoms with E-state index >= 15 is 0 Å². The Bertz CT molecular complexity index is 419. The molecule has 0 aromatic carbocycles. The molecule has 0 fully saturated rings. The minimum absolute atomic E-state index is 0.0169. The van der Waals surface area contributed by atoms with E-state index in [0.29, 0.717) is 4.47 Å². The molecule has 6 heteroatoms. The lowest BCUT2D eigenvalue weighted by Crippen LogP contribution is -2.05. The van der Waals surface area contributed by atoms with Gasteiger partial charge in [-0.15, -0.1) is 0 Å². The zero-order chi connectivity index (χ0) is 10.1. The number of halogens is 2. The predicted molar refractivity (Wildman–Crippen MR) is 54.7 cm³/mol. The fraction of sp³-hybridized carbons (Fsp3) is 0.286. The normalized spacial score (nSPS) is 11.6. The average Bonchev–Trinajstić information content (AvgIpc) is 2.09. The lowest BCUT2D eigenvalue weighted by Gasteiger charge is -2.01. The standard InChI is InChI=1S/C7H7BrClNO2S/c1-2-13(11,12)6-4-3-5(8)7(9)10-6/h3-4H,2H2,1H3. The Morgan fingerprint density at radius 2 is 2.15 bits per heavy atom. The number of aromatic nitrogens is 1. The highest BCUT2D eigenvalue weighted by atomic mass is 79.9. The third-order valence-corrected chi connectivity index (χ3v) is 4.26. The Labute approximate surface area is 90.2 Å². The van der Waals surface area contributed by atoms with Crippen LogP contribution in [0.1, 0.15) is 6.92 Å². The molecule has 72 valence electrons. The van der Waals surface area contributed by atoms with Crippen LogP contribution in [0.25, 0.3) is 0 Å². The van der Waals surface area contributed by atoms with Crippen LogP contribution in [-0.4, -0.2) is 19.2 Å². The summed E-state index contributed by atoms with van der Waals surface area (Å²) < 4.78 is 23.2.